The monoisotopic (exact) mass is 265 g/mol. The van der Waals surface area contributed by atoms with E-state index in [-0.39, 0.29) is 6.04 Å². The summed E-state index contributed by atoms with van der Waals surface area (Å²) < 4.78 is 0. The average Bonchev–Trinajstić information content (AvgIpc) is 2.38. The maximum absolute atomic E-state index is 11.6. The molecule has 5 heteroatoms. The molecule has 1 heterocycles. The van der Waals surface area contributed by atoms with Crippen molar-refractivity contribution in [3.8, 4) is 0 Å². The van der Waals surface area contributed by atoms with Gasteiger partial charge in [0.25, 0.3) is 0 Å². The lowest BCUT2D eigenvalue weighted by atomic mass is 9.76. The van der Waals surface area contributed by atoms with Crippen LogP contribution < -0.4 is 11.1 Å². The van der Waals surface area contributed by atoms with Crippen LogP contribution in [0.15, 0.2) is 24.3 Å². The van der Waals surface area contributed by atoms with E-state index in [2.05, 4.69) is 24.1 Å². The molecule has 2 aliphatic rings. The van der Waals surface area contributed by atoms with E-state index in [9.17, 15) is 9.90 Å². The number of aliphatic hydroxyl groups is 1. The minimum Gasteiger partial charge on any atom is -0.383 e. The van der Waals surface area contributed by atoms with Crippen molar-refractivity contribution in [3.05, 3.63) is 24.3 Å². The summed E-state index contributed by atoms with van der Waals surface area (Å²) in [4.78, 5) is 13.9. The van der Waals surface area contributed by atoms with Crippen molar-refractivity contribution < 1.29 is 9.90 Å². The van der Waals surface area contributed by atoms with Crippen LogP contribution in [-0.2, 0) is 4.79 Å². The third-order valence-corrected chi connectivity index (χ3v) is 4.06. The Kier molecular flexibility index (Phi) is 4.08. The Morgan fingerprint density at radius 2 is 2.26 bits per heavy atom. The van der Waals surface area contributed by atoms with Gasteiger partial charge in [0.2, 0.25) is 5.91 Å². The summed E-state index contributed by atoms with van der Waals surface area (Å²) in [5.74, 6) is -1.17. The highest BCUT2D eigenvalue weighted by molar-refractivity contribution is 5.81. The fraction of sp³-hybridized carbons (Fsp3) is 0.643. The Hall–Kier alpha value is -1.17. The number of nitrogens with zero attached hydrogens (tertiary/aromatic N) is 1. The van der Waals surface area contributed by atoms with E-state index in [0.29, 0.717) is 12.6 Å². The predicted molar refractivity (Wildman–Crippen MR) is 74.4 cm³/mol. The normalized spacial score (nSPS) is 35.8. The first-order valence-electron chi connectivity index (χ1n) is 6.81. The van der Waals surface area contributed by atoms with Gasteiger partial charge < -0.3 is 16.2 Å². The van der Waals surface area contributed by atoms with E-state index < -0.39 is 17.4 Å². The third kappa shape index (κ3) is 2.59. The van der Waals surface area contributed by atoms with Crippen molar-refractivity contribution in [1.82, 2.24) is 10.2 Å². The van der Waals surface area contributed by atoms with Gasteiger partial charge in [0.1, 0.15) is 5.60 Å². The Morgan fingerprint density at radius 3 is 2.89 bits per heavy atom. The van der Waals surface area contributed by atoms with Crippen molar-refractivity contribution in [2.75, 3.05) is 19.6 Å². The largest absolute Gasteiger partial charge is 0.383 e. The number of carbonyl (C=O) groups excluding carboxylic acids is 1. The molecule has 4 N–H and O–H groups in total. The zero-order chi connectivity index (χ0) is 14.0. The predicted octanol–water partition coefficient (Wildman–Crippen LogP) is -0.373. The van der Waals surface area contributed by atoms with Crippen molar-refractivity contribution in [3.63, 3.8) is 0 Å². The fourth-order valence-corrected chi connectivity index (χ4v) is 3.05. The SMILES string of the molecule is CC(C)N1CCNCC1C1(O)C=CC=CC1C(N)=O. The molecule has 1 fully saturated rings. The quantitative estimate of drug-likeness (QED) is 0.650. The van der Waals surface area contributed by atoms with Crippen LogP contribution in [-0.4, -0.2) is 53.2 Å². The van der Waals surface area contributed by atoms with Gasteiger partial charge in [0, 0.05) is 25.7 Å². The second kappa shape index (κ2) is 5.45. The number of allylic oxidation sites excluding steroid dienone is 2. The molecule has 19 heavy (non-hydrogen) atoms. The van der Waals surface area contributed by atoms with Crippen molar-refractivity contribution in [2.45, 2.75) is 31.5 Å². The molecule has 0 aromatic carbocycles. The molecular weight excluding hydrogens is 242 g/mol. The summed E-state index contributed by atoms with van der Waals surface area (Å²) in [5, 5.41) is 14.3. The Bertz CT molecular complexity index is 405. The molecule has 0 aromatic heterocycles. The number of hydrogen-bond donors (Lipinski definition) is 3. The lowest BCUT2D eigenvalue weighted by Crippen LogP contribution is -2.66. The van der Waals surface area contributed by atoms with Gasteiger partial charge in [-0.1, -0.05) is 24.3 Å². The van der Waals surface area contributed by atoms with E-state index in [1.54, 1.807) is 24.3 Å². The number of piperazine rings is 1. The van der Waals surface area contributed by atoms with Crippen molar-refractivity contribution in [1.29, 1.82) is 0 Å². The molecule has 3 atom stereocenters. The van der Waals surface area contributed by atoms with Crippen molar-refractivity contribution in [2.24, 2.45) is 11.7 Å². The highest BCUT2D eigenvalue weighted by Crippen LogP contribution is 2.32. The van der Waals surface area contributed by atoms with E-state index in [4.69, 9.17) is 5.73 Å². The molecule has 0 radical (unpaired) electrons. The van der Waals surface area contributed by atoms with E-state index in [1.807, 2.05) is 0 Å². The summed E-state index contributed by atoms with van der Waals surface area (Å²) in [6.07, 6.45) is 6.94. The smallest absolute Gasteiger partial charge is 0.227 e. The fourth-order valence-electron chi connectivity index (χ4n) is 3.05. The van der Waals surface area contributed by atoms with E-state index in [1.165, 1.54) is 0 Å². The van der Waals surface area contributed by atoms with E-state index in [0.717, 1.165) is 13.1 Å². The minimum atomic E-state index is -1.24. The lowest BCUT2D eigenvalue weighted by Gasteiger charge is -2.48. The topological polar surface area (TPSA) is 78.6 Å². The van der Waals surface area contributed by atoms with Gasteiger partial charge in [-0.25, -0.2) is 0 Å². The summed E-state index contributed by atoms with van der Waals surface area (Å²) in [6.45, 7) is 6.60. The van der Waals surface area contributed by atoms with Gasteiger partial charge in [0.05, 0.1) is 12.0 Å². The van der Waals surface area contributed by atoms with Crippen LogP contribution in [0.1, 0.15) is 13.8 Å². The molecule has 1 amide bonds. The molecule has 2 rings (SSSR count). The number of amides is 1. The number of rotatable bonds is 3. The van der Waals surface area contributed by atoms with Crippen LogP contribution in [0.4, 0.5) is 0 Å². The zero-order valence-corrected chi connectivity index (χ0v) is 11.5. The molecule has 0 aromatic rings. The first-order valence-corrected chi connectivity index (χ1v) is 6.81. The van der Waals surface area contributed by atoms with Gasteiger partial charge in [-0.05, 0) is 13.8 Å². The second-order valence-electron chi connectivity index (χ2n) is 5.56. The number of carbonyl (C=O) groups is 1. The van der Waals surface area contributed by atoms with E-state index >= 15 is 0 Å². The van der Waals surface area contributed by atoms with Crippen LogP contribution in [0.2, 0.25) is 0 Å². The molecule has 1 aliphatic carbocycles. The molecule has 3 unspecified atom stereocenters. The third-order valence-electron chi connectivity index (χ3n) is 4.06. The molecule has 0 bridgehead atoms. The van der Waals surface area contributed by atoms with Crippen LogP contribution in [0.25, 0.3) is 0 Å². The van der Waals surface area contributed by atoms with Crippen LogP contribution in [0.5, 0.6) is 0 Å². The summed E-state index contributed by atoms with van der Waals surface area (Å²) in [7, 11) is 0. The molecular formula is C14H23N3O2. The second-order valence-corrected chi connectivity index (χ2v) is 5.56. The molecule has 0 saturated carbocycles. The Morgan fingerprint density at radius 1 is 1.53 bits per heavy atom. The summed E-state index contributed by atoms with van der Waals surface area (Å²) in [6, 6.07) is 0.156. The maximum Gasteiger partial charge on any atom is 0.227 e. The van der Waals surface area contributed by atoms with Crippen LogP contribution >= 0.6 is 0 Å². The molecule has 106 valence electrons. The number of hydrogen-bond acceptors (Lipinski definition) is 4. The number of nitrogens with one attached hydrogen (secondary N) is 1. The maximum atomic E-state index is 11.6. The average molecular weight is 265 g/mol. The van der Waals surface area contributed by atoms with Gasteiger partial charge in [-0.2, -0.15) is 0 Å². The highest BCUT2D eigenvalue weighted by atomic mass is 16.3. The highest BCUT2D eigenvalue weighted by Gasteiger charge is 2.48. The molecule has 5 nitrogen and oxygen atoms in total. The minimum absolute atomic E-state index is 0.153. The molecule has 1 aliphatic heterocycles. The number of nitrogens with two attached hydrogens (primary N) is 1. The summed E-state index contributed by atoms with van der Waals surface area (Å²) >= 11 is 0. The lowest BCUT2D eigenvalue weighted by molar-refractivity contribution is -0.131. The summed E-state index contributed by atoms with van der Waals surface area (Å²) in [5.41, 5.74) is 4.21. The number of primary amides is 1. The Labute approximate surface area is 114 Å². The zero-order valence-electron chi connectivity index (χ0n) is 11.5. The van der Waals surface area contributed by atoms with Gasteiger partial charge in [0.15, 0.2) is 0 Å². The standard InChI is InChI=1S/C14H23N3O2/c1-10(2)17-8-7-16-9-12(17)14(19)6-4-3-5-11(14)13(15)18/h3-6,10-12,16,19H,7-9H2,1-2H3,(H2,15,18). The first-order chi connectivity index (χ1) is 8.97. The molecule has 1 saturated heterocycles. The van der Waals surface area contributed by atoms with Crippen LogP contribution in [0, 0.1) is 5.92 Å². The van der Waals surface area contributed by atoms with Gasteiger partial charge in [-0.3, -0.25) is 9.69 Å². The van der Waals surface area contributed by atoms with Gasteiger partial charge >= 0.3 is 0 Å². The van der Waals surface area contributed by atoms with Gasteiger partial charge in [-0.15, -0.1) is 0 Å². The van der Waals surface area contributed by atoms with Crippen molar-refractivity contribution >= 4 is 5.91 Å². The van der Waals surface area contributed by atoms with Crippen LogP contribution in [0.3, 0.4) is 0 Å². The Balaban J connectivity index is 2.32. The first kappa shape index (κ1) is 14.2. The molecule has 0 spiro atoms.